The van der Waals surface area contributed by atoms with Crippen molar-refractivity contribution < 1.29 is 9.90 Å². The van der Waals surface area contributed by atoms with E-state index in [1.54, 1.807) is 29.2 Å². The third-order valence-electron chi connectivity index (χ3n) is 3.01. The number of rotatable bonds is 2. The number of hydrogen-bond acceptors (Lipinski definition) is 3. The van der Waals surface area contributed by atoms with E-state index in [0.717, 1.165) is 30.6 Å². The summed E-state index contributed by atoms with van der Waals surface area (Å²) in [6, 6.07) is 3.56. The topological polar surface area (TPSA) is 68.0 Å². The molecule has 3 rings (SSSR count). The van der Waals surface area contributed by atoms with Gasteiger partial charge in [0, 0.05) is 24.5 Å². The number of carboxylic acid groups (broad SMARTS) is 1. The Morgan fingerprint density at radius 3 is 2.82 bits per heavy atom. The molecular formula is C12H11N3O2. The van der Waals surface area contributed by atoms with Gasteiger partial charge in [-0.1, -0.05) is 0 Å². The van der Waals surface area contributed by atoms with Gasteiger partial charge in [0.05, 0.1) is 5.69 Å². The Hall–Kier alpha value is -2.17. The lowest BCUT2D eigenvalue weighted by molar-refractivity contribution is 0.0696. The zero-order chi connectivity index (χ0) is 11.8. The highest BCUT2D eigenvalue weighted by Gasteiger charge is 2.26. The first kappa shape index (κ1) is 10.0. The molecule has 0 unspecified atom stereocenters. The number of pyridine rings is 1. The van der Waals surface area contributed by atoms with Crippen molar-refractivity contribution >= 4 is 5.97 Å². The van der Waals surface area contributed by atoms with Crippen molar-refractivity contribution in [1.29, 1.82) is 0 Å². The molecule has 0 aliphatic carbocycles. The van der Waals surface area contributed by atoms with E-state index in [9.17, 15) is 9.90 Å². The van der Waals surface area contributed by atoms with Crippen LogP contribution in [0.2, 0.25) is 0 Å². The second-order valence-electron chi connectivity index (χ2n) is 4.04. The fourth-order valence-corrected chi connectivity index (χ4v) is 2.27. The summed E-state index contributed by atoms with van der Waals surface area (Å²) in [7, 11) is 0. The first-order chi connectivity index (χ1) is 8.27. The van der Waals surface area contributed by atoms with Gasteiger partial charge in [0.2, 0.25) is 0 Å². The molecule has 0 saturated heterocycles. The zero-order valence-corrected chi connectivity index (χ0v) is 9.13. The van der Waals surface area contributed by atoms with Crippen LogP contribution in [-0.2, 0) is 13.0 Å². The minimum Gasteiger partial charge on any atom is -0.478 e. The number of aromatic nitrogens is 3. The Kier molecular flexibility index (Phi) is 2.18. The molecule has 0 aromatic carbocycles. The third kappa shape index (κ3) is 1.51. The van der Waals surface area contributed by atoms with E-state index in [1.165, 1.54) is 0 Å². The average molecular weight is 229 g/mol. The number of carbonyl (C=O) groups is 1. The Morgan fingerprint density at radius 2 is 2.12 bits per heavy atom. The Balaban J connectivity index is 2.21. The minimum atomic E-state index is -0.903. The predicted octanol–water partition coefficient (Wildman–Crippen LogP) is 1.59. The monoisotopic (exact) mass is 229 g/mol. The number of aryl methyl sites for hydroxylation is 1. The largest absolute Gasteiger partial charge is 0.478 e. The van der Waals surface area contributed by atoms with Gasteiger partial charge in [-0.3, -0.25) is 9.67 Å². The summed E-state index contributed by atoms with van der Waals surface area (Å²) < 4.78 is 1.80. The number of hydrogen-bond donors (Lipinski definition) is 1. The fraction of sp³-hybridized carbons (Fsp3) is 0.250. The Bertz CT molecular complexity index is 575. The van der Waals surface area contributed by atoms with Gasteiger partial charge in [-0.2, -0.15) is 5.10 Å². The van der Waals surface area contributed by atoms with E-state index in [1.807, 2.05) is 0 Å². The van der Waals surface area contributed by atoms with Crippen molar-refractivity contribution in [1.82, 2.24) is 14.8 Å². The maximum absolute atomic E-state index is 11.3. The normalized spacial score (nSPS) is 13.6. The molecule has 2 aromatic rings. The lowest BCUT2D eigenvalue weighted by Crippen LogP contribution is -2.01. The van der Waals surface area contributed by atoms with E-state index in [0.29, 0.717) is 11.3 Å². The first-order valence-corrected chi connectivity index (χ1v) is 5.51. The molecule has 86 valence electrons. The van der Waals surface area contributed by atoms with Gasteiger partial charge in [-0.25, -0.2) is 4.79 Å². The van der Waals surface area contributed by atoms with Crippen molar-refractivity contribution in [3.8, 4) is 11.3 Å². The molecule has 0 atom stereocenters. The summed E-state index contributed by atoms with van der Waals surface area (Å²) in [6.45, 7) is 0.806. The van der Waals surface area contributed by atoms with Crippen LogP contribution in [0.5, 0.6) is 0 Å². The molecule has 1 aliphatic rings. The van der Waals surface area contributed by atoms with Crippen LogP contribution in [0.25, 0.3) is 11.3 Å². The van der Waals surface area contributed by atoms with Crippen LogP contribution in [0.4, 0.5) is 0 Å². The van der Waals surface area contributed by atoms with Crippen LogP contribution in [0, 0.1) is 0 Å². The van der Waals surface area contributed by atoms with E-state index >= 15 is 0 Å². The highest BCUT2D eigenvalue weighted by Crippen LogP contribution is 2.29. The van der Waals surface area contributed by atoms with Gasteiger partial charge in [0.25, 0.3) is 0 Å². The van der Waals surface area contributed by atoms with Gasteiger partial charge in [-0.05, 0) is 25.0 Å². The smallest absolute Gasteiger partial charge is 0.339 e. The molecule has 2 aromatic heterocycles. The lowest BCUT2D eigenvalue weighted by Gasteiger charge is -1.99. The summed E-state index contributed by atoms with van der Waals surface area (Å²) >= 11 is 0. The Labute approximate surface area is 97.7 Å². The van der Waals surface area contributed by atoms with Gasteiger partial charge in [0.15, 0.2) is 0 Å². The van der Waals surface area contributed by atoms with Gasteiger partial charge in [0.1, 0.15) is 11.3 Å². The van der Waals surface area contributed by atoms with Crippen molar-refractivity contribution in [2.24, 2.45) is 0 Å². The molecule has 0 fully saturated rings. The van der Waals surface area contributed by atoms with Gasteiger partial charge in [-0.15, -0.1) is 0 Å². The van der Waals surface area contributed by atoms with Crippen molar-refractivity contribution in [3.63, 3.8) is 0 Å². The average Bonchev–Trinajstić information content (AvgIpc) is 2.88. The maximum Gasteiger partial charge on any atom is 0.339 e. The SMILES string of the molecule is O=C(O)c1c(-c2ccncc2)nn2c1CCC2. The molecule has 0 radical (unpaired) electrons. The molecule has 0 bridgehead atoms. The first-order valence-electron chi connectivity index (χ1n) is 5.51. The van der Waals surface area contributed by atoms with Crippen LogP contribution < -0.4 is 0 Å². The number of fused-ring (bicyclic) bond motifs is 1. The van der Waals surface area contributed by atoms with E-state index < -0.39 is 5.97 Å². The van der Waals surface area contributed by atoms with Crippen LogP contribution in [0.3, 0.4) is 0 Å². The number of nitrogens with zero attached hydrogens (tertiary/aromatic N) is 3. The van der Waals surface area contributed by atoms with Crippen molar-refractivity contribution in [2.45, 2.75) is 19.4 Å². The molecule has 1 aliphatic heterocycles. The van der Waals surface area contributed by atoms with Crippen LogP contribution >= 0.6 is 0 Å². The quantitative estimate of drug-likeness (QED) is 0.849. The molecule has 0 saturated carbocycles. The van der Waals surface area contributed by atoms with Crippen LogP contribution in [-0.4, -0.2) is 25.8 Å². The molecule has 3 heterocycles. The summed E-state index contributed by atoms with van der Waals surface area (Å²) in [5.41, 5.74) is 2.53. The molecule has 5 heteroatoms. The minimum absolute atomic E-state index is 0.341. The third-order valence-corrected chi connectivity index (χ3v) is 3.01. The summed E-state index contributed by atoms with van der Waals surface area (Å²) in [5.74, 6) is -0.903. The highest BCUT2D eigenvalue weighted by molar-refractivity contribution is 5.96. The number of carboxylic acids is 1. The Morgan fingerprint density at radius 1 is 1.35 bits per heavy atom. The molecule has 1 N–H and O–H groups in total. The molecule has 0 spiro atoms. The van der Waals surface area contributed by atoms with E-state index in [-0.39, 0.29) is 0 Å². The maximum atomic E-state index is 11.3. The summed E-state index contributed by atoms with van der Waals surface area (Å²) in [4.78, 5) is 15.3. The lowest BCUT2D eigenvalue weighted by atomic mass is 10.1. The number of aromatic carboxylic acids is 1. The fourth-order valence-electron chi connectivity index (χ4n) is 2.27. The van der Waals surface area contributed by atoms with Gasteiger partial charge >= 0.3 is 5.97 Å². The summed E-state index contributed by atoms with van der Waals surface area (Å²) in [5, 5.41) is 13.7. The molecular weight excluding hydrogens is 218 g/mol. The zero-order valence-electron chi connectivity index (χ0n) is 9.13. The van der Waals surface area contributed by atoms with Crippen LogP contribution in [0.1, 0.15) is 22.5 Å². The standard InChI is InChI=1S/C12H11N3O2/c16-12(17)10-9-2-1-7-15(9)14-11(10)8-3-5-13-6-4-8/h3-6H,1-2,7H2,(H,16,17). The molecule has 0 amide bonds. The molecule has 5 nitrogen and oxygen atoms in total. The van der Waals surface area contributed by atoms with Gasteiger partial charge < -0.3 is 5.11 Å². The molecule has 17 heavy (non-hydrogen) atoms. The predicted molar refractivity (Wildman–Crippen MR) is 60.7 cm³/mol. The summed E-state index contributed by atoms with van der Waals surface area (Å²) in [6.07, 6.45) is 5.05. The highest BCUT2D eigenvalue weighted by atomic mass is 16.4. The van der Waals surface area contributed by atoms with E-state index in [2.05, 4.69) is 10.1 Å². The van der Waals surface area contributed by atoms with E-state index in [4.69, 9.17) is 0 Å². The second-order valence-corrected chi connectivity index (χ2v) is 4.04. The van der Waals surface area contributed by atoms with Crippen molar-refractivity contribution in [3.05, 3.63) is 35.8 Å². The second kappa shape index (κ2) is 3.69. The van der Waals surface area contributed by atoms with Crippen LogP contribution in [0.15, 0.2) is 24.5 Å². The van der Waals surface area contributed by atoms with Crippen molar-refractivity contribution in [2.75, 3.05) is 0 Å².